The molecule has 5 nitrogen and oxygen atoms in total. The Morgan fingerprint density at radius 2 is 1.75 bits per heavy atom. The van der Waals surface area contributed by atoms with Gasteiger partial charge in [-0.3, -0.25) is 5.01 Å². The molecule has 1 aromatic rings. The molecular weight excluding hydrogens is 278 g/mol. The molecule has 6 heteroatoms. The van der Waals surface area contributed by atoms with Gasteiger partial charge in [-0.25, -0.2) is 0 Å². The lowest BCUT2D eigenvalue weighted by atomic mass is 10.3. The molecule has 0 bridgehead atoms. The molecule has 0 spiro atoms. The van der Waals surface area contributed by atoms with Crippen LogP contribution in [0.5, 0.6) is 5.75 Å². The minimum absolute atomic E-state index is 0.250. The molecule has 1 aromatic carbocycles. The van der Waals surface area contributed by atoms with Gasteiger partial charge in [0.25, 0.3) is 0 Å². The van der Waals surface area contributed by atoms with Gasteiger partial charge in [0.05, 0.1) is 16.7 Å². The molecule has 0 saturated carbocycles. The SMILES string of the molecule is CCC1=C(C)N(C)N(Oc2ccccc2)N1Cl.CCO. The van der Waals surface area contributed by atoms with Crippen molar-refractivity contribution in [1.29, 1.82) is 0 Å². The molecule has 0 saturated heterocycles. The summed E-state index contributed by atoms with van der Waals surface area (Å²) >= 11 is 6.22. The normalized spacial score (nSPS) is 15.3. The molecule has 0 atom stereocenters. The maximum Gasteiger partial charge on any atom is 0.152 e. The third kappa shape index (κ3) is 3.79. The van der Waals surface area contributed by atoms with Gasteiger partial charge in [0.2, 0.25) is 0 Å². The number of aliphatic hydroxyl groups is 1. The largest absolute Gasteiger partial charge is 0.397 e. The highest BCUT2D eigenvalue weighted by atomic mass is 35.5. The second kappa shape index (κ2) is 7.99. The maximum absolute atomic E-state index is 7.57. The van der Waals surface area contributed by atoms with Gasteiger partial charge in [0.15, 0.2) is 5.75 Å². The molecule has 2 rings (SSSR count). The standard InChI is InChI=1S/C12H16ClN3O.C2H6O/c1-4-12-10(2)14(3)16(15(12)13)17-11-8-6-5-7-9-11;1-2-3/h5-9H,4H2,1-3H3;3H,2H2,1H3. The first-order valence-electron chi connectivity index (χ1n) is 6.59. The second-order valence-electron chi connectivity index (χ2n) is 4.14. The third-order valence-corrected chi connectivity index (χ3v) is 3.13. The molecule has 0 radical (unpaired) electrons. The van der Waals surface area contributed by atoms with Crippen molar-refractivity contribution in [3.05, 3.63) is 41.7 Å². The first-order valence-corrected chi connectivity index (χ1v) is 6.93. The first kappa shape index (κ1) is 16.6. The number of nitrogens with zero attached hydrogens (tertiary/aromatic N) is 3. The summed E-state index contributed by atoms with van der Waals surface area (Å²) in [6.45, 7) is 6.01. The number of para-hydroxylation sites is 1. The van der Waals surface area contributed by atoms with E-state index in [0.29, 0.717) is 0 Å². The average Bonchev–Trinajstić information content (AvgIpc) is 2.65. The molecule has 0 aliphatic carbocycles. The van der Waals surface area contributed by atoms with E-state index in [1.54, 1.807) is 6.92 Å². The summed E-state index contributed by atoms with van der Waals surface area (Å²) in [7, 11) is 1.91. The van der Waals surface area contributed by atoms with Crippen LogP contribution in [-0.2, 0) is 0 Å². The molecule has 1 heterocycles. The van der Waals surface area contributed by atoms with Crippen molar-refractivity contribution >= 4 is 11.8 Å². The summed E-state index contributed by atoms with van der Waals surface area (Å²) in [6, 6.07) is 9.56. The van der Waals surface area contributed by atoms with Gasteiger partial charge in [0, 0.05) is 25.4 Å². The van der Waals surface area contributed by atoms with Crippen molar-refractivity contribution in [1.82, 2.24) is 14.8 Å². The lowest BCUT2D eigenvalue weighted by molar-refractivity contribution is -0.259. The number of aliphatic hydroxyl groups excluding tert-OH is 1. The van der Waals surface area contributed by atoms with Crippen LogP contribution in [0.1, 0.15) is 27.2 Å². The maximum atomic E-state index is 7.57. The fraction of sp³-hybridized carbons (Fsp3) is 0.429. The zero-order chi connectivity index (χ0) is 15.1. The molecular formula is C14H22ClN3O2. The van der Waals surface area contributed by atoms with Gasteiger partial charge >= 0.3 is 0 Å². The smallest absolute Gasteiger partial charge is 0.152 e. The minimum Gasteiger partial charge on any atom is -0.397 e. The Labute approximate surface area is 125 Å². The molecule has 0 unspecified atom stereocenters. The van der Waals surface area contributed by atoms with E-state index in [-0.39, 0.29) is 6.61 Å². The molecule has 1 aliphatic rings. The number of allylic oxidation sites excluding steroid dienone is 2. The van der Waals surface area contributed by atoms with E-state index in [0.717, 1.165) is 23.6 Å². The molecule has 0 amide bonds. The Morgan fingerprint density at radius 3 is 2.20 bits per heavy atom. The van der Waals surface area contributed by atoms with Crippen molar-refractivity contribution in [3.63, 3.8) is 0 Å². The topological polar surface area (TPSA) is 39.2 Å². The average molecular weight is 300 g/mol. The van der Waals surface area contributed by atoms with E-state index in [1.165, 1.54) is 9.81 Å². The Bertz CT molecular complexity index is 439. The van der Waals surface area contributed by atoms with E-state index in [4.69, 9.17) is 21.7 Å². The zero-order valence-electron chi connectivity index (χ0n) is 12.4. The molecule has 20 heavy (non-hydrogen) atoms. The van der Waals surface area contributed by atoms with Crippen molar-refractivity contribution < 1.29 is 9.94 Å². The zero-order valence-corrected chi connectivity index (χ0v) is 13.1. The first-order chi connectivity index (χ1) is 9.56. The summed E-state index contributed by atoms with van der Waals surface area (Å²) in [6.07, 6.45) is 0.855. The summed E-state index contributed by atoms with van der Waals surface area (Å²) in [5, 5.41) is 11.0. The van der Waals surface area contributed by atoms with Crippen LogP contribution in [0.2, 0.25) is 0 Å². The van der Waals surface area contributed by atoms with Crippen LogP contribution < -0.4 is 4.84 Å². The van der Waals surface area contributed by atoms with Crippen LogP contribution in [0, 0.1) is 0 Å². The van der Waals surface area contributed by atoms with E-state index in [9.17, 15) is 0 Å². The number of rotatable bonds is 3. The number of hydrazine groups is 2. The van der Waals surface area contributed by atoms with E-state index >= 15 is 0 Å². The van der Waals surface area contributed by atoms with Crippen molar-refractivity contribution in [3.8, 4) is 5.75 Å². The van der Waals surface area contributed by atoms with Crippen LogP contribution in [0.15, 0.2) is 41.7 Å². The van der Waals surface area contributed by atoms with Crippen LogP contribution in [-0.4, -0.2) is 33.6 Å². The lowest BCUT2D eigenvalue weighted by Gasteiger charge is -2.28. The molecule has 1 aliphatic heterocycles. The van der Waals surface area contributed by atoms with Gasteiger partial charge in [-0.1, -0.05) is 25.1 Å². The Morgan fingerprint density at radius 1 is 1.20 bits per heavy atom. The highest BCUT2D eigenvalue weighted by Crippen LogP contribution is 2.31. The van der Waals surface area contributed by atoms with Gasteiger partial charge in [-0.05, 0) is 32.4 Å². The predicted molar refractivity (Wildman–Crippen MR) is 80.1 cm³/mol. The second-order valence-corrected chi connectivity index (χ2v) is 4.46. The summed E-state index contributed by atoms with van der Waals surface area (Å²) in [5.74, 6) is 0.746. The summed E-state index contributed by atoms with van der Waals surface area (Å²) < 4.78 is 1.50. The number of halogens is 1. The number of hydrogen-bond donors (Lipinski definition) is 1. The van der Waals surface area contributed by atoms with Crippen LogP contribution in [0.25, 0.3) is 0 Å². The van der Waals surface area contributed by atoms with E-state index in [2.05, 4.69) is 6.92 Å². The van der Waals surface area contributed by atoms with Crippen molar-refractivity contribution in [2.24, 2.45) is 0 Å². The van der Waals surface area contributed by atoms with Gasteiger partial charge in [-0.15, -0.1) is 0 Å². The number of benzene rings is 1. The minimum atomic E-state index is 0.250. The van der Waals surface area contributed by atoms with E-state index < -0.39 is 0 Å². The van der Waals surface area contributed by atoms with Gasteiger partial charge in [0.1, 0.15) is 0 Å². The van der Waals surface area contributed by atoms with Crippen molar-refractivity contribution in [2.45, 2.75) is 27.2 Å². The summed E-state index contributed by atoms with van der Waals surface area (Å²) in [5.41, 5.74) is 2.11. The number of hydrogen-bond acceptors (Lipinski definition) is 5. The van der Waals surface area contributed by atoms with Crippen LogP contribution in [0.4, 0.5) is 0 Å². The van der Waals surface area contributed by atoms with Crippen LogP contribution in [0.3, 0.4) is 0 Å². The molecule has 1 N–H and O–H groups in total. The predicted octanol–water partition coefficient (Wildman–Crippen LogP) is 3.15. The van der Waals surface area contributed by atoms with Gasteiger partial charge in [-0.2, -0.15) is 4.53 Å². The Balaban J connectivity index is 0.000000612. The van der Waals surface area contributed by atoms with Gasteiger partial charge < -0.3 is 9.94 Å². The van der Waals surface area contributed by atoms with E-state index in [1.807, 2.05) is 49.3 Å². The molecule has 112 valence electrons. The summed E-state index contributed by atoms with van der Waals surface area (Å²) in [4.78, 5) is 5.71. The monoisotopic (exact) mass is 299 g/mol. The fourth-order valence-corrected chi connectivity index (χ4v) is 2.10. The van der Waals surface area contributed by atoms with Crippen molar-refractivity contribution in [2.75, 3.05) is 13.7 Å². The molecule has 0 aromatic heterocycles. The highest BCUT2D eigenvalue weighted by Gasteiger charge is 2.32. The third-order valence-electron chi connectivity index (χ3n) is 2.80. The van der Waals surface area contributed by atoms with Crippen LogP contribution >= 0.6 is 11.8 Å². The fourth-order valence-electron chi connectivity index (χ4n) is 1.73. The lowest BCUT2D eigenvalue weighted by Crippen LogP contribution is -2.42. The Kier molecular flexibility index (Phi) is 6.64. The quantitative estimate of drug-likeness (QED) is 0.868. The molecule has 0 fully saturated rings. The Hall–Kier alpha value is -1.43. The highest BCUT2D eigenvalue weighted by molar-refractivity contribution is 6.14.